The van der Waals surface area contributed by atoms with Crippen molar-refractivity contribution in [3.8, 4) is 5.75 Å². The second kappa shape index (κ2) is 3.95. The summed E-state index contributed by atoms with van der Waals surface area (Å²) in [5.74, 6) is -0.493. The number of alkyl halides is 2. The lowest BCUT2D eigenvalue weighted by atomic mass is 10.3. The Morgan fingerprint density at radius 1 is 1.64 bits per heavy atom. The molecule has 0 aliphatic heterocycles. The molecule has 0 bridgehead atoms. The number of ether oxygens (including phenoxy) is 1. The molecule has 0 N–H and O–H groups in total. The van der Waals surface area contributed by atoms with Gasteiger partial charge in [0.25, 0.3) is 6.43 Å². The lowest BCUT2D eigenvalue weighted by Crippen LogP contribution is -2.00. The largest absolute Gasteiger partial charge is 0.489 e. The van der Waals surface area contributed by atoms with Crippen LogP contribution in [-0.2, 0) is 0 Å². The molecular weight excluding hydrogens is 198 g/mol. The Balaban J connectivity index is 3.32. The molecule has 1 heterocycles. The zero-order valence-corrected chi connectivity index (χ0v) is 7.11. The fourth-order valence-corrected chi connectivity index (χ4v) is 0.962. The predicted octanol–water partition coefficient (Wildman–Crippen LogP) is 1.94. The number of nitro groups is 1. The molecule has 0 aliphatic carbocycles. The van der Waals surface area contributed by atoms with Gasteiger partial charge in [0.1, 0.15) is 0 Å². The lowest BCUT2D eigenvalue weighted by Gasteiger charge is -2.05. The fraction of sp³-hybridized carbons (Fsp3) is 0.286. The molecule has 0 amide bonds. The van der Waals surface area contributed by atoms with Crippen LogP contribution in [0.3, 0.4) is 0 Å². The molecule has 14 heavy (non-hydrogen) atoms. The van der Waals surface area contributed by atoms with Gasteiger partial charge in [0, 0.05) is 12.3 Å². The topological polar surface area (TPSA) is 65.3 Å². The highest BCUT2D eigenvalue weighted by Crippen LogP contribution is 2.34. The number of halogens is 2. The maximum atomic E-state index is 12.3. The van der Waals surface area contributed by atoms with Crippen molar-refractivity contribution in [3.05, 3.63) is 28.1 Å². The van der Waals surface area contributed by atoms with Gasteiger partial charge in [-0.2, -0.15) is 0 Å². The molecule has 0 radical (unpaired) electrons. The van der Waals surface area contributed by atoms with Crippen molar-refractivity contribution in [2.24, 2.45) is 0 Å². The average molecular weight is 204 g/mol. The maximum absolute atomic E-state index is 12.3. The Morgan fingerprint density at radius 2 is 2.29 bits per heavy atom. The summed E-state index contributed by atoms with van der Waals surface area (Å²) in [6.45, 7) is 0. The van der Waals surface area contributed by atoms with Crippen molar-refractivity contribution in [1.29, 1.82) is 0 Å². The summed E-state index contributed by atoms with van der Waals surface area (Å²) < 4.78 is 29.1. The summed E-state index contributed by atoms with van der Waals surface area (Å²) >= 11 is 0. The van der Waals surface area contributed by atoms with E-state index in [-0.39, 0.29) is 0 Å². The molecule has 0 saturated carbocycles. The molecule has 0 aromatic carbocycles. The van der Waals surface area contributed by atoms with Gasteiger partial charge in [0.2, 0.25) is 5.75 Å². The molecule has 7 heteroatoms. The third-order valence-electron chi connectivity index (χ3n) is 1.52. The minimum Gasteiger partial charge on any atom is -0.489 e. The van der Waals surface area contributed by atoms with E-state index in [4.69, 9.17) is 0 Å². The minimum absolute atomic E-state index is 0.493. The van der Waals surface area contributed by atoms with Crippen molar-refractivity contribution >= 4 is 5.69 Å². The van der Waals surface area contributed by atoms with E-state index in [1.807, 2.05) is 0 Å². The van der Waals surface area contributed by atoms with Crippen molar-refractivity contribution in [3.63, 3.8) is 0 Å². The Hall–Kier alpha value is -1.79. The molecule has 0 aliphatic rings. The summed E-state index contributed by atoms with van der Waals surface area (Å²) in [6.07, 6.45) is -1.95. The van der Waals surface area contributed by atoms with Gasteiger partial charge < -0.3 is 4.74 Å². The highest BCUT2D eigenvalue weighted by molar-refractivity contribution is 5.48. The fourth-order valence-electron chi connectivity index (χ4n) is 0.962. The summed E-state index contributed by atoms with van der Waals surface area (Å²) in [7, 11) is 1.08. The normalized spacial score (nSPS) is 10.3. The second-order valence-corrected chi connectivity index (χ2v) is 2.31. The van der Waals surface area contributed by atoms with Gasteiger partial charge in [-0.1, -0.05) is 0 Å². The van der Waals surface area contributed by atoms with Crippen LogP contribution in [0.2, 0.25) is 0 Å². The van der Waals surface area contributed by atoms with Gasteiger partial charge in [0.15, 0.2) is 5.69 Å². The number of hydrogen-bond acceptors (Lipinski definition) is 4. The van der Waals surface area contributed by atoms with E-state index in [2.05, 4.69) is 9.72 Å². The van der Waals surface area contributed by atoms with E-state index in [0.717, 1.165) is 19.4 Å². The molecular formula is C7H6F2N2O3. The van der Waals surface area contributed by atoms with Crippen LogP contribution in [0.4, 0.5) is 14.5 Å². The SMILES string of the molecule is COc1c([N+](=O)[O-])ccnc1C(F)F. The first-order valence-electron chi connectivity index (χ1n) is 3.53. The maximum Gasteiger partial charge on any atom is 0.314 e. The highest BCUT2D eigenvalue weighted by atomic mass is 19.3. The third-order valence-corrected chi connectivity index (χ3v) is 1.52. The summed E-state index contributed by atoms with van der Waals surface area (Å²) in [5, 5.41) is 10.4. The first-order chi connectivity index (χ1) is 6.57. The Morgan fingerprint density at radius 3 is 2.71 bits per heavy atom. The van der Waals surface area contributed by atoms with Gasteiger partial charge in [-0.3, -0.25) is 15.1 Å². The smallest absolute Gasteiger partial charge is 0.314 e. The number of hydrogen-bond donors (Lipinski definition) is 0. The van der Waals surface area contributed by atoms with E-state index in [9.17, 15) is 18.9 Å². The third kappa shape index (κ3) is 1.76. The quantitative estimate of drug-likeness (QED) is 0.557. The van der Waals surface area contributed by atoms with Gasteiger partial charge >= 0.3 is 5.69 Å². The molecule has 0 saturated heterocycles. The summed E-state index contributed by atoms with van der Waals surface area (Å²) in [5.41, 5.74) is -1.24. The van der Waals surface area contributed by atoms with Crippen LogP contribution in [-0.4, -0.2) is 17.0 Å². The van der Waals surface area contributed by atoms with Crippen molar-refractivity contribution < 1.29 is 18.4 Å². The van der Waals surface area contributed by atoms with Gasteiger partial charge in [-0.25, -0.2) is 8.78 Å². The Bertz CT molecular complexity index is 357. The predicted molar refractivity (Wildman–Crippen MR) is 42.4 cm³/mol. The van der Waals surface area contributed by atoms with Crippen LogP contribution in [0.5, 0.6) is 5.75 Å². The van der Waals surface area contributed by atoms with E-state index >= 15 is 0 Å². The Labute approximate surface area is 77.5 Å². The molecule has 0 spiro atoms. The van der Waals surface area contributed by atoms with E-state index < -0.39 is 28.5 Å². The second-order valence-electron chi connectivity index (χ2n) is 2.31. The van der Waals surface area contributed by atoms with E-state index in [1.54, 1.807) is 0 Å². The van der Waals surface area contributed by atoms with Gasteiger partial charge in [0.05, 0.1) is 12.0 Å². The molecule has 1 rings (SSSR count). The van der Waals surface area contributed by atoms with Crippen molar-refractivity contribution in [2.45, 2.75) is 6.43 Å². The van der Waals surface area contributed by atoms with E-state index in [0.29, 0.717) is 0 Å². The standard InChI is InChI=1S/C7H6F2N2O3/c1-14-6-4(11(12)13)2-3-10-5(6)7(8)9/h2-3,7H,1H3. The lowest BCUT2D eigenvalue weighted by molar-refractivity contribution is -0.386. The van der Waals surface area contributed by atoms with Crippen LogP contribution in [0.1, 0.15) is 12.1 Å². The summed E-state index contributed by atoms with van der Waals surface area (Å²) in [6, 6.07) is 1.00. The number of pyridine rings is 1. The van der Waals surface area contributed by atoms with Gasteiger partial charge in [-0.15, -0.1) is 0 Å². The minimum atomic E-state index is -2.90. The van der Waals surface area contributed by atoms with Crippen molar-refractivity contribution in [2.75, 3.05) is 7.11 Å². The first-order valence-corrected chi connectivity index (χ1v) is 3.53. The number of methoxy groups -OCH3 is 1. The van der Waals surface area contributed by atoms with Crippen LogP contribution in [0.25, 0.3) is 0 Å². The molecule has 76 valence electrons. The molecule has 1 aromatic heterocycles. The Kier molecular flexibility index (Phi) is 2.90. The van der Waals surface area contributed by atoms with Crippen LogP contribution < -0.4 is 4.74 Å². The molecule has 0 fully saturated rings. The average Bonchev–Trinajstić information content (AvgIpc) is 2.16. The number of nitrogens with zero attached hydrogens (tertiary/aromatic N) is 2. The van der Waals surface area contributed by atoms with Crippen LogP contribution >= 0.6 is 0 Å². The van der Waals surface area contributed by atoms with E-state index in [1.165, 1.54) is 0 Å². The molecule has 5 nitrogen and oxygen atoms in total. The monoisotopic (exact) mass is 204 g/mol. The van der Waals surface area contributed by atoms with Crippen LogP contribution in [0, 0.1) is 10.1 Å². The summed E-state index contributed by atoms with van der Waals surface area (Å²) in [4.78, 5) is 12.9. The van der Waals surface area contributed by atoms with Gasteiger partial charge in [-0.05, 0) is 0 Å². The van der Waals surface area contributed by atoms with Crippen LogP contribution in [0.15, 0.2) is 12.3 Å². The first kappa shape index (κ1) is 10.3. The van der Waals surface area contributed by atoms with Crippen molar-refractivity contribution in [1.82, 2.24) is 4.98 Å². The molecule has 0 atom stereocenters. The molecule has 0 unspecified atom stereocenters. The number of aromatic nitrogens is 1. The molecule has 1 aromatic rings. The zero-order chi connectivity index (χ0) is 10.7. The zero-order valence-electron chi connectivity index (χ0n) is 7.11. The number of rotatable bonds is 3. The highest BCUT2D eigenvalue weighted by Gasteiger charge is 2.24.